The van der Waals surface area contributed by atoms with Gasteiger partial charge in [0.25, 0.3) is 0 Å². The van der Waals surface area contributed by atoms with Gasteiger partial charge in [-0.2, -0.15) is 0 Å². The van der Waals surface area contributed by atoms with Crippen molar-refractivity contribution in [3.05, 3.63) is 28.2 Å². The van der Waals surface area contributed by atoms with Gasteiger partial charge in [-0.25, -0.2) is 0 Å². The molecule has 0 amide bonds. The third-order valence-corrected chi connectivity index (χ3v) is 4.15. The summed E-state index contributed by atoms with van der Waals surface area (Å²) in [6.07, 6.45) is 1.45. The molecule has 1 N–H and O–H groups in total. The Bertz CT molecular complexity index is 447. The van der Waals surface area contributed by atoms with Gasteiger partial charge in [-0.3, -0.25) is 4.79 Å². The maximum atomic E-state index is 12.2. The molecule has 18 heavy (non-hydrogen) atoms. The number of hydrogen-bond donors (Lipinski definition) is 1. The Morgan fingerprint density at radius 3 is 2.89 bits per heavy atom. The Morgan fingerprint density at radius 1 is 1.56 bits per heavy atom. The Hall–Kier alpha value is -0.870. The molecule has 98 valence electrons. The molecule has 0 aromatic heterocycles. The van der Waals surface area contributed by atoms with Crippen molar-refractivity contribution < 1.29 is 9.53 Å². The van der Waals surface area contributed by atoms with Crippen LogP contribution < -0.4 is 10.1 Å². The number of benzene rings is 1. The number of Topliss-reactive ketones (excluding diaryl/α,β-unsaturated/α-hetero) is 1. The van der Waals surface area contributed by atoms with Crippen LogP contribution in [0, 0.1) is 5.92 Å². The van der Waals surface area contributed by atoms with E-state index < -0.39 is 0 Å². The molecule has 0 saturated carbocycles. The number of nitrogens with one attached hydrogen (secondary N) is 1. The van der Waals surface area contributed by atoms with Crippen LogP contribution in [-0.2, 0) is 11.2 Å². The summed E-state index contributed by atoms with van der Waals surface area (Å²) in [5, 5.41) is 3.32. The summed E-state index contributed by atoms with van der Waals surface area (Å²) < 4.78 is 6.08. The van der Waals surface area contributed by atoms with Gasteiger partial charge in [-0.15, -0.1) is 0 Å². The number of hydrogen-bond acceptors (Lipinski definition) is 3. The molecule has 4 heteroatoms. The maximum absolute atomic E-state index is 12.2. The van der Waals surface area contributed by atoms with Crippen molar-refractivity contribution >= 4 is 21.7 Å². The number of ether oxygens (including phenoxy) is 1. The molecule has 1 saturated heterocycles. The van der Waals surface area contributed by atoms with Crippen LogP contribution in [0.2, 0.25) is 0 Å². The van der Waals surface area contributed by atoms with Crippen LogP contribution in [0.5, 0.6) is 5.75 Å². The van der Waals surface area contributed by atoms with Gasteiger partial charge >= 0.3 is 0 Å². The zero-order valence-electron chi connectivity index (χ0n) is 10.7. The number of methoxy groups -OCH3 is 1. The minimum Gasteiger partial charge on any atom is -0.496 e. The molecule has 1 aromatic rings. The van der Waals surface area contributed by atoms with Gasteiger partial charge in [0.1, 0.15) is 11.5 Å². The summed E-state index contributed by atoms with van der Waals surface area (Å²) in [6.45, 7) is 3.03. The van der Waals surface area contributed by atoms with Gasteiger partial charge in [0.2, 0.25) is 0 Å². The van der Waals surface area contributed by atoms with Crippen LogP contribution in [0.4, 0.5) is 0 Å². The van der Waals surface area contributed by atoms with Crippen molar-refractivity contribution in [3.8, 4) is 5.75 Å². The quantitative estimate of drug-likeness (QED) is 0.928. The van der Waals surface area contributed by atoms with Gasteiger partial charge in [0.05, 0.1) is 11.6 Å². The van der Waals surface area contributed by atoms with Gasteiger partial charge in [-0.1, -0.05) is 6.07 Å². The van der Waals surface area contributed by atoms with Crippen molar-refractivity contribution in [1.82, 2.24) is 5.32 Å². The second-order valence-electron chi connectivity index (χ2n) is 4.75. The lowest BCUT2D eigenvalue weighted by molar-refractivity contribution is -0.122. The number of ketones is 1. The first-order valence-electron chi connectivity index (χ1n) is 6.20. The van der Waals surface area contributed by atoms with E-state index in [2.05, 4.69) is 28.2 Å². The summed E-state index contributed by atoms with van der Waals surface area (Å²) in [7, 11) is 1.64. The molecule has 2 rings (SSSR count). The van der Waals surface area contributed by atoms with E-state index in [1.165, 1.54) is 0 Å². The highest BCUT2D eigenvalue weighted by atomic mass is 79.9. The summed E-state index contributed by atoms with van der Waals surface area (Å²) in [5.41, 5.74) is 1.03. The zero-order valence-corrected chi connectivity index (χ0v) is 12.3. The topological polar surface area (TPSA) is 38.3 Å². The van der Waals surface area contributed by atoms with E-state index in [9.17, 15) is 4.79 Å². The zero-order chi connectivity index (χ0) is 13.1. The van der Waals surface area contributed by atoms with E-state index in [0.717, 1.165) is 28.8 Å². The van der Waals surface area contributed by atoms with Crippen LogP contribution in [0.1, 0.15) is 18.9 Å². The van der Waals surface area contributed by atoms with Gasteiger partial charge in [0.15, 0.2) is 0 Å². The van der Waals surface area contributed by atoms with Crippen LogP contribution in [0.3, 0.4) is 0 Å². The highest BCUT2D eigenvalue weighted by Gasteiger charge is 2.28. The molecule has 0 spiro atoms. The number of rotatable bonds is 4. The predicted octanol–water partition coefficient (Wildman–Crippen LogP) is 2.57. The van der Waals surface area contributed by atoms with Crippen LogP contribution in [-0.4, -0.2) is 25.5 Å². The summed E-state index contributed by atoms with van der Waals surface area (Å²) in [6, 6.07) is 6.11. The third kappa shape index (κ3) is 2.93. The minimum absolute atomic E-state index is 0.158. The molecule has 0 aliphatic carbocycles. The highest BCUT2D eigenvalue weighted by molar-refractivity contribution is 9.10. The Labute approximate surface area is 116 Å². The Balaban J connectivity index is 2.05. The molecular formula is C14H18BrNO2. The van der Waals surface area contributed by atoms with E-state index >= 15 is 0 Å². The molecule has 0 radical (unpaired) electrons. The van der Waals surface area contributed by atoms with Crippen molar-refractivity contribution in [2.24, 2.45) is 5.92 Å². The first kappa shape index (κ1) is 13.6. The van der Waals surface area contributed by atoms with E-state index in [1.54, 1.807) is 7.11 Å². The SMILES string of the molecule is COc1ccc(CC(=O)C2CCNC2C)cc1Br. The molecule has 1 aliphatic heterocycles. The molecule has 2 atom stereocenters. The lowest BCUT2D eigenvalue weighted by atomic mass is 9.92. The second-order valence-corrected chi connectivity index (χ2v) is 5.60. The smallest absolute Gasteiger partial charge is 0.141 e. The lowest BCUT2D eigenvalue weighted by Gasteiger charge is -2.14. The normalized spacial score (nSPS) is 23.1. The van der Waals surface area contributed by atoms with Crippen LogP contribution in [0.15, 0.2) is 22.7 Å². The molecular weight excluding hydrogens is 294 g/mol. The first-order valence-corrected chi connectivity index (χ1v) is 6.99. The molecule has 1 aliphatic rings. The summed E-state index contributed by atoms with van der Waals surface area (Å²) in [4.78, 5) is 12.2. The van der Waals surface area contributed by atoms with Crippen molar-refractivity contribution in [2.45, 2.75) is 25.8 Å². The Morgan fingerprint density at radius 2 is 2.33 bits per heavy atom. The van der Waals surface area contributed by atoms with Crippen molar-refractivity contribution in [1.29, 1.82) is 0 Å². The van der Waals surface area contributed by atoms with E-state index in [0.29, 0.717) is 18.2 Å². The fourth-order valence-electron chi connectivity index (χ4n) is 2.45. The van der Waals surface area contributed by atoms with E-state index in [-0.39, 0.29) is 5.92 Å². The van der Waals surface area contributed by atoms with Crippen LogP contribution in [0.25, 0.3) is 0 Å². The number of carbonyl (C=O) groups excluding carboxylic acids is 1. The fourth-order valence-corrected chi connectivity index (χ4v) is 3.04. The third-order valence-electron chi connectivity index (χ3n) is 3.53. The average Bonchev–Trinajstić information content (AvgIpc) is 2.76. The fraction of sp³-hybridized carbons (Fsp3) is 0.500. The molecule has 3 nitrogen and oxygen atoms in total. The van der Waals surface area contributed by atoms with Gasteiger partial charge < -0.3 is 10.1 Å². The lowest BCUT2D eigenvalue weighted by Crippen LogP contribution is -2.29. The Kier molecular flexibility index (Phi) is 4.40. The number of halogens is 1. The maximum Gasteiger partial charge on any atom is 0.141 e. The molecule has 0 bridgehead atoms. The van der Waals surface area contributed by atoms with Gasteiger partial charge in [0, 0.05) is 18.4 Å². The van der Waals surface area contributed by atoms with Crippen molar-refractivity contribution in [2.75, 3.05) is 13.7 Å². The van der Waals surface area contributed by atoms with E-state index in [1.807, 2.05) is 18.2 Å². The average molecular weight is 312 g/mol. The van der Waals surface area contributed by atoms with Crippen molar-refractivity contribution in [3.63, 3.8) is 0 Å². The molecule has 1 fully saturated rings. The second kappa shape index (κ2) is 5.85. The standard InChI is InChI=1S/C14H18BrNO2/c1-9-11(5-6-16-9)13(17)8-10-3-4-14(18-2)12(15)7-10/h3-4,7,9,11,16H,5-6,8H2,1-2H3. The highest BCUT2D eigenvalue weighted by Crippen LogP contribution is 2.26. The summed E-state index contributed by atoms with van der Waals surface area (Å²) >= 11 is 3.44. The largest absolute Gasteiger partial charge is 0.496 e. The van der Waals surface area contributed by atoms with Gasteiger partial charge in [-0.05, 0) is 53.5 Å². The monoisotopic (exact) mass is 311 g/mol. The van der Waals surface area contributed by atoms with E-state index in [4.69, 9.17) is 4.74 Å². The first-order chi connectivity index (χ1) is 8.61. The molecule has 1 heterocycles. The minimum atomic E-state index is 0.158. The summed E-state index contributed by atoms with van der Waals surface area (Å²) in [5.74, 6) is 1.28. The number of carbonyl (C=O) groups is 1. The predicted molar refractivity (Wildman–Crippen MR) is 75.0 cm³/mol. The molecule has 2 unspecified atom stereocenters. The molecule has 1 aromatic carbocycles. The van der Waals surface area contributed by atoms with Crippen LogP contribution >= 0.6 is 15.9 Å².